The minimum atomic E-state index is -0.0468. The first kappa shape index (κ1) is 20.6. The number of hydrogen-bond acceptors (Lipinski definition) is 5. The average molecular weight is 448 g/mol. The van der Waals surface area contributed by atoms with E-state index in [0.29, 0.717) is 18.8 Å². The van der Waals surface area contributed by atoms with Gasteiger partial charge in [0, 0.05) is 31.9 Å². The zero-order valence-electron chi connectivity index (χ0n) is 18.0. The maximum atomic E-state index is 13.1. The van der Waals surface area contributed by atoms with Crippen LogP contribution in [0, 0.1) is 6.92 Å². The third kappa shape index (κ3) is 3.86. The van der Waals surface area contributed by atoms with Crippen molar-refractivity contribution in [1.82, 2.24) is 14.7 Å². The van der Waals surface area contributed by atoms with Crippen molar-refractivity contribution in [3.8, 4) is 5.69 Å². The summed E-state index contributed by atoms with van der Waals surface area (Å²) in [4.78, 5) is 31.7. The zero-order valence-corrected chi connectivity index (χ0v) is 18.8. The Hall–Kier alpha value is -3.26. The number of aromatic nitrogens is 2. The fraction of sp³-hybridized carbons (Fsp3) is 0.292. The van der Waals surface area contributed by atoms with Crippen LogP contribution >= 0.6 is 11.8 Å². The lowest BCUT2D eigenvalue weighted by molar-refractivity contribution is -0.131. The van der Waals surface area contributed by atoms with Crippen LogP contribution in [0.25, 0.3) is 5.69 Å². The van der Waals surface area contributed by atoms with Gasteiger partial charge in [-0.2, -0.15) is 5.10 Å². The summed E-state index contributed by atoms with van der Waals surface area (Å²) in [6.07, 6.45) is 0. The Labute approximate surface area is 191 Å². The van der Waals surface area contributed by atoms with E-state index in [9.17, 15) is 9.59 Å². The van der Waals surface area contributed by atoms with Gasteiger partial charge < -0.3 is 9.80 Å². The average Bonchev–Trinajstić information content (AvgIpc) is 3.18. The van der Waals surface area contributed by atoms with Crippen LogP contribution in [0.4, 0.5) is 11.4 Å². The van der Waals surface area contributed by atoms with E-state index in [-0.39, 0.29) is 18.4 Å². The minimum Gasteiger partial charge on any atom is -0.368 e. The molecule has 1 aromatic heterocycles. The first-order valence-electron chi connectivity index (χ1n) is 10.8. The molecule has 3 heterocycles. The number of benzene rings is 2. The molecule has 7 nitrogen and oxygen atoms in total. The lowest BCUT2D eigenvalue weighted by Crippen LogP contribution is -2.52. The van der Waals surface area contributed by atoms with E-state index in [1.54, 1.807) is 4.90 Å². The van der Waals surface area contributed by atoms with Crippen molar-refractivity contribution in [3.63, 3.8) is 0 Å². The Balaban J connectivity index is 1.32. The second-order valence-electron chi connectivity index (χ2n) is 7.96. The SMILES string of the molecule is Cc1nn(-c2ccccc2)c2c1N(CC(=O)N1CCN(c3ccccc3)CC1)C(=O)CS2. The highest BCUT2D eigenvalue weighted by Gasteiger charge is 2.34. The number of carbonyl (C=O) groups is 2. The van der Waals surface area contributed by atoms with Crippen molar-refractivity contribution in [2.75, 3.05) is 48.3 Å². The highest BCUT2D eigenvalue weighted by atomic mass is 32.2. The molecule has 2 aliphatic rings. The first-order chi connectivity index (χ1) is 15.6. The largest absolute Gasteiger partial charge is 0.368 e. The molecular weight excluding hydrogens is 422 g/mol. The molecule has 0 N–H and O–H groups in total. The van der Waals surface area contributed by atoms with E-state index in [4.69, 9.17) is 0 Å². The molecule has 0 atom stereocenters. The number of anilines is 2. The monoisotopic (exact) mass is 447 g/mol. The number of thioether (sulfide) groups is 1. The van der Waals surface area contributed by atoms with Gasteiger partial charge in [0.2, 0.25) is 11.8 Å². The highest BCUT2D eigenvalue weighted by Crippen LogP contribution is 2.39. The summed E-state index contributed by atoms with van der Waals surface area (Å²) < 4.78 is 1.87. The molecule has 32 heavy (non-hydrogen) atoms. The third-order valence-electron chi connectivity index (χ3n) is 5.94. The summed E-state index contributed by atoms with van der Waals surface area (Å²) in [5.41, 5.74) is 3.64. The maximum absolute atomic E-state index is 13.1. The molecule has 5 rings (SSSR count). The number of carbonyl (C=O) groups excluding carboxylic acids is 2. The molecule has 0 spiro atoms. The Morgan fingerprint density at radius 3 is 2.22 bits per heavy atom. The number of fused-ring (bicyclic) bond motifs is 1. The normalized spacial score (nSPS) is 16.3. The second kappa shape index (κ2) is 8.70. The number of hydrogen-bond donors (Lipinski definition) is 0. The number of aryl methyl sites for hydroxylation is 1. The Morgan fingerprint density at radius 1 is 0.938 bits per heavy atom. The number of amides is 2. The topological polar surface area (TPSA) is 61.7 Å². The van der Waals surface area contributed by atoms with Gasteiger partial charge in [0.15, 0.2) is 0 Å². The zero-order chi connectivity index (χ0) is 22.1. The Morgan fingerprint density at radius 2 is 1.56 bits per heavy atom. The van der Waals surface area contributed by atoms with E-state index in [2.05, 4.69) is 22.1 Å². The molecule has 8 heteroatoms. The van der Waals surface area contributed by atoms with Crippen LogP contribution < -0.4 is 9.80 Å². The summed E-state index contributed by atoms with van der Waals surface area (Å²) in [5.74, 6) is 0.241. The van der Waals surface area contributed by atoms with Gasteiger partial charge in [-0.25, -0.2) is 4.68 Å². The van der Waals surface area contributed by atoms with Gasteiger partial charge in [-0.15, -0.1) is 0 Å². The summed E-state index contributed by atoms with van der Waals surface area (Å²) in [6, 6.07) is 20.1. The van der Waals surface area contributed by atoms with E-state index in [1.165, 1.54) is 17.4 Å². The smallest absolute Gasteiger partial charge is 0.242 e. The number of nitrogens with zero attached hydrogens (tertiary/aromatic N) is 5. The molecule has 1 fully saturated rings. The fourth-order valence-electron chi connectivity index (χ4n) is 4.27. The molecule has 0 aliphatic carbocycles. The Kier molecular flexibility index (Phi) is 5.61. The molecule has 1 saturated heterocycles. The molecule has 0 radical (unpaired) electrons. The van der Waals surface area contributed by atoms with Crippen molar-refractivity contribution < 1.29 is 9.59 Å². The van der Waals surface area contributed by atoms with E-state index >= 15 is 0 Å². The Bertz CT molecular complexity index is 1120. The van der Waals surface area contributed by atoms with E-state index in [1.807, 2.05) is 65.0 Å². The molecule has 3 aromatic rings. The number of para-hydroxylation sites is 2. The molecule has 2 aromatic carbocycles. The van der Waals surface area contributed by atoms with Crippen LogP contribution in [0.1, 0.15) is 5.69 Å². The van der Waals surface area contributed by atoms with Crippen LogP contribution in [0.15, 0.2) is 65.7 Å². The summed E-state index contributed by atoms with van der Waals surface area (Å²) in [5, 5.41) is 5.59. The second-order valence-corrected chi connectivity index (χ2v) is 8.92. The molecular formula is C24H25N5O2S. The van der Waals surface area contributed by atoms with Gasteiger partial charge in [0.25, 0.3) is 0 Å². The summed E-state index contributed by atoms with van der Waals surface area (Å²) in [6.45, 7) is 4.83. The third-order valence-corrected chi connectivity index (χ3v) is 6.97. The quantitative estimate of drug-likeness (QED) is 0.615. The van der Waals surface area contributed by atoms with Gasteiger partial charge >= 0.3 is 0 Å². The van der Waals surface area contributed by atoms with Crippen LogP contribution in [0.2, 0.25) is 0 Å². The van der Waals surface area contributed by atoms with Crippen LogP contribution in [0.5, 0.6) is 0 Å². The maximum Gasteiger partial charge on any atom is 0.242 e. The molecule has 2 amide bonds. The predicted octanol–water partition coefficient (Wildman–Crippen LogP) is 2.97. The van der Waals surface area contributed by atoms with Gasteiger partial charge in [-0.3, -0.25) is 14.5 Å². The van der Waals surface area contributed by atoms with Crippen molar-refractivity contribution in [2.24, 2.45) is 0 Å². The minimum absolute atomic E-state index is 0.0178. The van der Waals surface area contributed by atoms with Gasteiger partial charge in [0.1, 0.15) is 11.6 Å². The standard InChI is InChI=1S/C24H25N5O2S/c1-18-23-24(29(25-18)20-10-6-3-7-11-20)32-17-22(31)28(23)16-21(30)27-14-12-26(13-15-27)19-8-4-2-5-9-19/h2-11H,12-17H2,1H3. The molecule has 2 aliphatic heterocycles. The molecule has 0 bridgehead atoms. The molecule has 0 unspecified atom stereocenters. The van der Waals surface area contributed by atoms with E-state index < -0.39 is 0 Å². The summed E-state index contributed by atoms with van der Waals surface area (Å²) >= 11 is 1.48. The van der Waals surface area contributed by atoms with Gasteiger partial charge in [-0.1, -0.05) is 48.2 Å². The predicted molar refractivity (Wildman–Crippen MR) is 127 cm³/mol. The number of piperazine rings is 1. The van der Waals surface area contributed by atoms with Crippen molar-refractivity contribution in [1.29, 1.82) is 0 Å². The highest BCUT2D eigenvalue weighted by molar-refractivity contribution is 8.00. The van der Waals surface area contributed by atoms with Crippen LogP contribution in [-0.4, -0.2) is 65.0 Å². The van der Waals surface area contributed by atoms with Crippen LogP contribution in [0.3, 0.4) is 0 Å². The lowest BCUT2D eigenvalue weighted by Gasteiger charge is -2.37. The first-order valence-corrected chi connectivity index (χ1v) is 11.8. The van der Waals surface area contributed by atoms with Gasteiger partial charge in [0.05, 0.1) is 22.8 Å². The molecule has 164 valence electrons. The van der Waals surface area contributed by atoms with Crippen LogP contribution in [-0.2, 0) is 9.59 Å². The van der Waals surface area contributed by atoms with Gasteiger partial charge in [-0.05, 0) is 31.2 Å². The van der Waals surface area contributed by atoms with Crippen molar-refractivity contribution in [2.45, 2.75) is 11.9 Å². The fourth-order valence-corrected chi connectivity index (χ4v) is 5.35. The van der Waals surface area contributed by atoms with Crippen molar-refractivity contribution in [3.05, 3.63) is 66.4 Å². The summed E-state index contributed by atoms with van der Waals surface area (Å²) in [7, 11) is 0. The lowest BCUT2D eigenvalue weighted by atomic mass is 10.2. The molecule has 0 saturated carbocycles. The van der Waals surface area contributed by atoms with Crippen molar-refractivity contribution >= 4 is 35.0 Å². The van der Waals surface area contributed by atoms with E-state index in [0.717, 1.165) is 35.2 Å². The number of rotatable bonds is 4.